The van der Waals surface area contributed by atoms with Crippen molar-refractivity contribution in [2.45, 2.75) is 18.4 Å². The van der Waals surface area contributed by atoms with Gasteiger partial charge in [-0.2, -0.15) is 0 Å². The monoisotopic (exact) mass is 484 g/mol. The summed E-state index contributed by atoms with van der Waals surface area (Å²) in [5, 5.41) is 11.4. The zero-order valence-electron chi connectivity index (χ0n) is 18.3. The molecular weight excluding hydrogens is 464 g/mol. The molecule has 0 bridgehead atoms. The topological polar surface area (TPSA) is 87.5 Å². The lowest BCUT2D eigenvalue weighted by molar-refractivity contribution is -0.0773. The van der Waals surface area contributed by atoms with E-state index in [9.17, 15) is 27.5 Å². The minimum absolute atomic E-state index is 0.0393. The van der Waals surface area contributed by atoms with E-state index in [2.05, 4.69) is 20.3 Å². The largest absolute Gasteiger partial charge is 0.390 e. The number of nitrogens with one attached hydrogen (secondary N) is 1. The number of rotatable bonds is 8. The number of carbonyl (C=O) groups is 1. The van der Waals surface area contributed by atoms with Gasteiger partial charge in [0, 0.05) is 24.4 Å². The minimum atomic E-state index is -3.69. The Labute approximate surface area is 198 Å². The van der Waals surface area contributed by atoms with E-state index in [1.807, 2.05) is 0 Å². The first kappa shape index (κ1) is 24.2. The number of hydrogen-bond acceptors (Lipinski definition) is 5. The molecule has 0 saturated carbocycles. The van der Waals surface area contributed by atoms with Gasteiger partial charge in [0.15, 0.2) is 0 Å². The van der Waals surface area contributed by atoms with Crippen molar-refractivity contribution in [3.8, 4) is 0 Å². The van der Waals surface area contributed by atoms with Crippen molar-refractivity contribution < 1.29 is 27.5 Å². The van der Waals surface area contributed by atoms with Crippen molar-refractivity contribution in [3.63, 3.8) is 0 Å². The fourth-order valence-corrected chi connectivity index (χ4v) is 3.66. The van der Waals surface area contributed by atoms with E-state index < -0.39 is 42.5 Å². The molecule has 2 N–H and O–H groups in total. The third-order valence-corrected chi connectivity index (χ3v) is 5.49. The van der Waals surface area contributed by atoms with Crippen LogP contribution in [0.1, 0.15) is 27.3 Å². The average Bonchev–Trinajstić information content (AvgIpc) is 3.34. The highest BCUT2D eigenvalue weighted by Gasteiger charge is 2.41. The molecule has 180 valence electrons. The van der Waals surface area contributed by atoms with Gasteiger partial charge >= 0.3 is 0 Å². The SMILES string of the molecule is O=C(N[C@H](Cc1ncccn1)C(F)(F)CO)c1cccc(F)c1C1=NCC(c2ccc(F)cc2)=C1. The standard InChI is InChI=1S/C25H20F4N4O2/c26-17-7-5-15(6-8-17)16-11-20(32-13-16)23-18(3-1-4-19(23)27)24(35)33-21(25(28,29)14-34)12-22-30-9-2-10-31-22/h1-11,21,34H,12-14H2,(H,33,35)/t21-/m1/s1. The smallest absolute Gasteiger partial charge is 0.290 e. The van der Waals surface area contributed by atoms with Crippen LogP contribution in [0.5, 0.6) is 0 Å². The molecule has 3 aromatic rings. The van der Waals surface area contributed by atoms with Crippen LogP contribution in [0.2, 0.25) is 0 Å². The van der Waals surface area contributed by atoms with Crippen molar-refractivity contribution in [1.29, 1.82) is 0 Å². The van der Waals surface area contributed by atoms with Gasteiger partial charge in [0.05, 0.1) is 17.8 Å². The number of aromatic nitrogens is 2. The van der Waals surface area contributed by atoms with Gasteiger partial charge in [0.25, 0.3) is 11.8 Å². The molecule has 1 amide bonds. The molecule has 1 atom stereocenters. The summed E-state index contributed by atoms with van der Waals surface area (Å²) in [6.45, 7) is -1.34. The van der Waals surface area contributed by atoms with Gasteiger partial charge < -0.3 is 10.4 Å². The number of allylic oxidation sites excluding steroid dienone is 1. The second kappa shape index (κ2) is 10.1. The number of aliphatic hydroxyl groups is 1. The molecule has 0 saturated heterocycles. The first-order chi connectivity index (χ1) is 16.8. The molecule has 0 unspecified atom stereocenters. The van der Waals surface area contributed by atoms with Crippen LogP contribution < -0.4 is 5.32 Å². The fraction of sp³-hybridized carbons (Fsp3) is 0.200. The second-order valence-corrected chi connectivity index (χ2v) is 7.85. The van der Waals surface area contributed by atoms with E-state index >= 15 is 0 Å². The van der Waals surface area contributed by atoms with Gasteiger partial charge in [0.2, 0.25) is 0 Å². The third-order valence-electron chi connectivity index (χ3n) is 5.49. The van der Waals surface area contributed by atoms with Gasteiger partial charge in [-0.1, -0.05) is 18.2 Å². The molecule has 0 radical (unpaired) electrons. The van der Waals surface area contributed by atoms with E-state index in [0.717, 1.165) is 6.07 Å². The van der Waals surface area contributed by atoms with Crippen LogP contribution in [-0.2, 0) is 6.42 Å². The zero-order valence-corrected chi connectivity index (χ0v) is 18.3. The van der Waals surface area contributed by atoms with Crippen LogP contribution >= 0.6 is 0 Å². The van der Waals surface area contributed by atoms with Crippen molar-refractivity contribution in [1.82, 2.24) is 15.3 Å². The lowest BCUT2D eigenvalue weighted by atomic mass is 9.98. The third kappa shape index (κ3) is 5.43. The van der Waals surface area contributed by atoms with E-state index in [4.69, 9.17) is 0 Å². The van der Waals surface area contributed by atoms with Crippen LogP contribution in [0.25, 0.3) is 5.57 Å². The van der Waals surface area contributed by atoms with E-state index in [1.165, 1.54) is 42.7 Å². The molecule has 1 aromatic heterocycles. The highest BCUT2D eigenvalue weighted by atomic mass is 19.3. The van der Waals surface area contributed by atoms with Gasteiger partial charge in [-0.25, -0.2) is 27.5 Å². The summed E-state index contributed by atoms with van der Waals surface area (Å²) in [6, 6.07) is 9.06. The summed E-state index contributed by atoms with van der Waals surface area (Å²) in [5.41, 5.74) is 1.17. The van der Waals surface area contributed by atoms with Crippen molar-refractivity contribution in [2.75, 3.05) is 13.2 Å². The summed E-state index contributed by atoms with van der Waals surface area (Å²) in [4.78, 5) is 25.2. The first-order valence-electron chi connectivity index (χ1n) is 10.6. The predicted molar refractivity (Wildman–Crippen MR) is 121 cm³/mol. The summed E-state index contributed by atoms with van der Waals surface area (Å²) < 4.78 is 57.1. The fourth-order valence-electron chi connectivity index (χ4n) is 3.66. The Morgan fingerprint density at radius 1 is 1.06 bits per heavy atom. The molecule has 1 aliphatic rings. The van der Waals surface area contributed by atoms with Crippen LogP contribution in [0.4, 0.5) is 17.6 Å². The van der Waals surface area contributed by atoms with E-state index in [1.54, 1.807) is 18.2 Å². The molecule has 2 heterocycles. The molecule has 0 spiro atoms. The number of nitrogens with zero attached hydrogens (tertiary/aromatic N) is 3. The highest BCUT2D eigenvalue weighted by molar-refractivity contribution is 6.19. The van der Waals surface area contributed by atoms with Gasteiger partial charge in [-0.15, -0.1) is 0 Å². The predicted octanol–water partition coefficient (Wildman–Crippen LogP) is 3.61. The zero-order chi connectivity index (χ0) is 25.0. The van der Waals surface area contributed by atoms with Crippen molar-refractivity contribution in [3.05, 3.63) is 101 Å². The average molecular weight is 484 g/mol. The summed E-state index contributed by atoms with van der Waals surface area (Å²) in [5.74, 6) is -5.79. The molecule has 10 heteroatoms. The van der Waals surface area contributed by atoms with Crippen molar-refractivity contribution in [2.24, 2.45) is 4.99 Å². The molecule has 35 heavy (non-hydrogen) atoms. The van der Waals surface area contributed by atoms with Crippen LogP contribution in [0, 0.1) is 11.6 Å². The van der Waals surface area contributed by atoms with Gasteiger partial charge in [-0.05, 0) is 47.5 Å². The van der Waals surface area contributed by atoms with Crippen LogP contribution in [0.15, 0.2) is 72.0 Å². The van der Waals surface area contributed by atoms with Crippen LogP contribution in [0.3, 0.4) is 0 Å². The first-order valence-corrected chi connectivity index (χ1v) is 10.6. The number of halogens is 4. The summed E-state index contributed by atoms with van der Waals surface area (Å²) in [7, 11) is 0. The number of aliphatic imine (C=N–C) groups is 1. The number of amides is 1. The minimum Gasteiger partial charge on any atom is -0.390 e. The molecule has 1 aliphatic heterocycles. The molecule has 2 aromatic carbocycles. The Bertz CT molecular complexity index is 1280. The van der Waals surface area contributed by atoms with E-state index in [0.29, 0.717) is 11.1 Å². The number of aliphatic hydroxyl groups excluding tert-OH is 1. The van der Waals surface area contributed by atoms with Gasteiger partial charge in [0.1, 0.15) is 30.1 Å². The van der Waals surface area contributed by atoms with Crippen molar-refractivity contribution >= 4 is 17.2 Å². The summed E-state index contributed by atoms with van der Waals surface area (Å²) in [6.07, 6.45) is 3.85. The molecule has 0 fully saturated rings. The number of alkyl halides is 2. The maximum atomic E-state index is 14.9. The molecule has 0 aliphatic carbocycles. The molecule has 6 nitrogen and oxygen atoms in total. The Hall–Kier alpha value is -3.92. The van der Waals surface area contributed by atoms with Crippen LogP contribution in [-0.4, -0.2) is 51.8 Å². The molecule has 4 rings (SSSR count). The lowest BCUT2D eigenvalue weighted by Gasteiger charge is -2.26. The number of hydrogen-bond donors (Lipinski definition) is 2. The Morgan fingerprint density at radius 3 is 2.46 bits per heavy atom. The number of carbonyl (C=O) groups excluding carboxylic acids is 1. The maximum absolute atomic E-state index is 14.9. The lowest BCUT2D eigenvalue weighted by Crippen LogP contribution is -2.51. The number of benzene rings is 2. The Morgan fingerprint density at radius 2 is 1.77 bits per heavy atom. The Balaban J connectivity index is 1.63. The summed E-state index contributed by atoms with van der Waals surface area (Å²) >= 11 is 0. The Kier molecular flexibility index (Phi) is 7.02. The second-order valence-electron chi connectivity index (χ2n) is 7.85. The highest BCUT2D eigenvalue weighted by Crippen LogP contribution is 2.26. The normalized spacial score (nSPS) is 14.3. The van der Waals surface area contributed by atoms with Gasteiger partial charge in [-0.3, -0.25) is 9.79 Å². The maximum Gasteiger partial charge on any atom is 0.290 e. The van der Waals surface area contributed by atoms with E-state index in [-0.39, 0.29) is 29.2 Å². The quantitative estimate of drug-likeness (QED) is 0.479. The molecular formula is C25H20F4N4O2.